The molecule has 0 aromatic heterocycles. The lowest BCUT2D eigenvalue weighted by atomic mass is 9.95. The van der Waals surface area contributed by atoms with E-state index < -0.39 is 0 Å². The Morgan fingerprint density at radius 2 is 2.05 bits per heavy atom. The van der Waals surface area contributed by atoms with Crippen LogP contribution in [-0.4, -0.2) is 44.1 Å². The summed E-state index contributed by atoms with van der Waals surface area (Å²) in [6.07, 6.45) is 2.18. The lowest BCUT2D eigenvalue weighted by Gasteiger charge is -2.32. The number of likely N-dealkylation sites (tertiary alicyclic amines) is 1. The highest BCUT2D eigenvalue weighted by Gasteiger charge is 2.24. The second-order valence-electron chi connectivity index (χ2n) is 5.63. The summed E-state index contributed by atoms with van der Waals surface area (Å²) in [5.41, 5.74) is 1.75. The second-order valence-corrected chi connectivity index (χ2v) is 5.63. The van der Waals surface area contributed by atoms with Gasteiger partial charge in [-0.05, 0) is 43.5 Å². The van der Waals surface area contributed by atoms with Gasteiger partial charge in [-0.15, -0.1) is 0 Å². The van der Waals surface area contributed by atoms with E-state index >= 15 is 0 Å². The fraction of sp³-hybridized carbons (Fsp3) is 0.588. The second kappa shape index (κ2) is 8.15. The van der Waals surface area contributed by atoms with Crippen molar-refractivity contribution in [2.75, 3.05) is 33.3 Å². The number of amides is 1. The summed E-state index contributed by atoms with van der Waals surface area (Å²) in [5, 5.41) is 3.40. The molecule has 0 aliphatic carbocycles. The van der Waals surface area contributed by atoms with Gasteiger partial charge in [0.15, 0.2) is 0 Å². The maximum Gasteiger partial charge on any atom is 0.254 e. The van der Waals surface area contributed by atoms with Gasteiger partial charge in [0.2, 0.25) is 0 Å². The normalized spacial score (nSPS) is 16.2. The van der Waals surface area contributed by atoms with E-state index in [0.717, 1.165) is 50.1 Å². The van der Waals surface area contributed by atoms with Crippen LogP contribution < -0.4 is 5.32 Å². The van der Waals surface area contributed by atoms with E-state index in [1.54, 1.807) is 7.11 Å². The molecule has 1 N–H and O–H groups in total. The number of piperidine rings is 1. The summed E-state index contributed by atoms with van der Waals surface area (Å²) in [5.74, 6) is 0.841. The van der Waals surface area contributed by atoms with E-state index in [2.05, 4.69) is 12.2 Å². The van der Waals surface area contributed by atoms with Crippen LogP contribution in [0.3, 0.4) is 0 Å². The van der Waals surface area contributed by atoms with Crippen LogP contribution in [0.5, 0.6) is 0 Å². The van der Waals surface area contributed by atoms with Crippen molar-refractivity contribution in [1.82, 2.24) is 10.2 Å². The largest absolute Gasteiger partial charge is 0.380 e. The van der Waals surface area contributed by atoms with E-state index in [0.29, 0.717) is 12.5 Å². The van der Waals surface area contributed by atoms with Gasteiger partial charge in [-0.25, -0.2) is 0 Å². The first-order valence-electron chi connectivity index (χ1n) is 7.83. The first kappa shape index (κ1) is 16.0. The zero-order chi connectivity index (χ0) is 15.1. The Labute approximate surface area is 127 Å². The van der Waals surface area contributed by atoms with Crippen LogP contribution >= 0.6 is 0 Å². The molecule has 1 aliphatic heterocycles. The average Bonchev–Trinajstić information content (AvgIpc) is 2.53. The van der Waals surface area contributed by atoms with E-state index in [9.17, 15) is 4.79 Å². The molecule has 1 saturated heterocycles. The Kier molecular flexibility index (Phi) is 6.21. The molecule has 1 amide bonds. The van der Waals surface area contributed by atoms with Crippen LogP contribution in [0.2, 0.25) is 0 Å². The van der Waals surface area contributed by atoms with Crippen LogP contribution in [0.1, 0.15) is 35.7 Å². The lowest BCUT2D eigenvalue weighted by Crippen LogP contribution is -2.41. The Balaban J connectivity index is 1.96. The van der Waals surface area contributed by atoms with Crippen molar-refractivity contribution in [3.63, 3.8) is 0 Å². The molecular formula is C17H26N2O2. The molecular weight excluding hydrogens is 264 g/mol. The molecule has 0 atom stereocenters. The molecule has 0 radical (unpaired) electrons. The molecule has 0 bridgehead atoms. The minimum absolute atomic E-state index is 0.143. The predicted octanol–water partition coefficient (Wildman–Crippen LogP) is 2.29. The average molecular weight is 290 g/mol. The summed E-state index contributed by atoms with van der Waals surface area (Å²) in [6, 6.07) is 7.74. The monoisotopic (exact) mass is 290 g/mol. The third kappa shape index (κ3) is 4.29. The van der Waals surface area contributed by atoms with Crippen molar-refractivity contribution in [2.45, 2.75) is 26.4 Å². The van der Waals surface area contributed by atoms with Crippen LogP contribution in [0, 0.1) is 5.92 Å². The smallest absolute Gasteiger partial charge is 0.254 e. The first-order chi connectivity index (χ1) is 10.3. The Morgan fingerprint density at radius 3 is 2.71 bits per heavy atom. The lowest BCUT2D eigenvalue weighted by molar-refractivity contribution is 0.0685. The summed E-state index contributed by atoms with van der Waals surface area (Å²) in [4.78, 5) is 14.7. The predicted molar refractivity (Wildman–Crippen MR) is 84.3 cm³/mol. The molecule has 0 unspecified atom stereocenters. The number of carbonyl (C=O) groups excluding carboxylic acids is 1. The minimum atomic E-state index is 0.143. The number of methoxy groups -OCH3 is 1. The van der Waals surface area contributed by atoms with Crippen LogP contribution in [-0.2, 0) is 11.3 Å². The van der Waals surface area contributed by atoms with Crippen LogP contribution in [0.15, 0.2) is 24.3 Å². The van der Waals surface area contributed by atoms with Gasteiger partial charge in [-0.3, -0.25) is 4.79 Å². The summed E-state index contributed by atoms with van der Waals surface area (Å²) < 4.78 is 5.19. The van der Waals surface area contributed by atoms with Crippen LogP contribution in [0.4, 0.5) is 0 Å². The topological polar surface area (TPSA) is 41.6 Å². The number of nitrogens with one attached hydrogen (secondary N) is 1. The molecule has 116 valence electrons. The van der Waals surface area contributed by atoms with Crippen LogP contribution in [0.25, 0.3) is 0 Å². The minimum Gasteiger partial charge on any atom is -0.380 e. The standard InChI is InChI=1S/C17H26N2O2/c1-3-18-12-14-8-10-19(11-9-14)17(20)16-7-5-4-6-15(16)13-21-2/h4-7,14,18H,3,8-13H2,1-2H3. The summed E-state index contributed by atoms with van der Waals surface area (Å²) in [6.45, 7) is 6.42. The number of benzene rings is 1. The highest BCUT2D eigenvalue weighted by atomic mass is 16.5. The molecule has 0 spiro atoms. The molecule has 4 nitrogen and oxygen atoms in total. The van der Waals surface area contributed by atoms with Crippen molar-refractivity contribution in [3.05, 3.63) is 35.4 Å². The van der Waals surface area contributed by atoms with Crippen molar-refractivity contribution in [2.24, 2.45) is 5.92 Å². The van der Waals surface area contributed by atoms with Gasteiger partial charge in [0, 0.05) is 25.8 Å². The number of ether oxygens (including phenoxy) is 1. The third-order valence-corrected chi connectivity index (χ3v) is 4.13. The zero-order valence-electron chi connectivity index (χ0n) is 13.1. The van der Waals surface area contributed by atoms with E-state index in [1.807, 2.05) is 29.2 Å². The van der Waals surface area contributed by atoms with Gasteiger partial charge in [-0.2, -0.15) is 0 Å². The number of nitrogens with zero attached hydrogens (tertiary/aromatic N) is 1. The Hall–Kier alpha value is -1.39. The SMILES string of the molecule is CCNCC1CCN(C(=O)c2ccccc2COC)CC1. The van der Waals surface area contributed by atoms with Gasteiger partial charge in [0.25, 0.3) is 5.91 Å². The molecule has 1 aromatic carbocycles. The van der Waals surface area contributed by atoms with Gasteiger partial charge in [-0.1, -0.05) is 25.1 Å². The van der Waals surface area contributed by atoms with E-state index in [4.69, 9.17) is 4.74 Å². The third-order valence-electron chi connectivity index (χ3n) is 4.13. The van der Waals surface area contributed by atoms with Gasteiger partial charge in [0.05, 0.1) is 6.61 Å². The van der Waals surface area contributed by atoms with Crippen molar-refractivity contribution in [3.8, 4) is 0 Å². The molecule has 1 heterocycles. The fourth-order valence-corrected chi connectivity index (χ4v) is 2.87. The fourth-order valence-electron chi connectivity index (χ4n) is 2.87. The maximum atomic E-state index is 12.7. The van der Waals surface area contributed by atoms with E-state index in [1.165, 1.54) is 0 Å². The Morgan fingerprint density at radius 1 is 1.33 bits per heavy atom. The van der Waals surface area contributed by atoms with E-state index in [-0.39, 0.29) is 5.91 Å². The van der Waals surface area contributed by atoms with Gasteiger partial charge < -0.3 is 15.0 Å². The highest BCUT2D eigenvalue weighted by Crippen LogP contribution is 2.20. The molecule has 1 aromatic rings. The summed E-state index contributed by atoms with van der Waals surface area (Å²) in [7, 11) is 1.66. The van der Waals surface area contributed by atoms with Gasteiger partial charge >= 0.3 is 0 Å². The van der Waals surface area contributed by atoms with Crippen molar-refractivity contribution in [1.29, 1.82) is 0 Å². The number of hydrogen-bond donors (Lipinski definition) is 1. The molecule has 21 heavy (non-hydrogen) atoms. The molecule has 0 saturated carbocycles. The van der Waals surface area contributed by atoms with Crippen molar-refractivity contribution < 1.29 is 9.53 Å². The zero-order valence-corrected chi connectivity index (χ0v) is 13.1. The highest BCUT2D eigenvalue weighted by molar-refractivity contribution is 5.95. The molecule has 1 fully saturated rings. The molecule has 4 heteroatoms. The van der Waals surface area contributed by atoms with Gasteiger partial charge in [0.1, 0.15) is 0 Å². The number of carbonyl (C=O) groups is 1. The Bertz CT molecular complexity index is 454. The van der Waals surface area contributed by atoms with Crippen molar-refractivity contribution >= 4 is 5.91 Å². The number of hydrogen-bond acceptors (Lipinski definition) is 3. The quantitative estimate of drug-likeness (QED) is 0.874. The first-order valence-corrected chi connectivity index (χ1v) is 7.83. The summed E-state index contributed by atoms with van der Waals surface area (Å²) >= 11 is 0. The maximum absolute atomic E-state index is 12.7. The molecule has 1 aliphatic rings. The number of rotatable bonds is 6. The molecule has 2 rings (SSSR count).